The van der Waals surface area contributed by atoms with Crippen LogP contribution in [0.3, 0.4) is 0 Å². The molecule has 2 heterocycles. The lowest BCUT2D eigenvalue weighted by Gasteiger charge is -2.29. The molecular formula is C33H30N4O5. The first-order valence-electron chi connectivity index (χ1n) is 13.7. The van der Waals surface area contributed by atoms with Gasteiger partial charge in [0.15, 0.2) is 0 Å². The topological polar surface area (TPSA) is 118 Å². The standard InChI is InChI=1S/C33H30N4O5/c1-23-30(36-32(42-23)25-11-6-3-7-12-25)16-18-40-27-14-8-13-26(19-27)28-15-17-37(21-29(28)31(38)20-35-34)33(39)41-22-24-9-4-2-5-10-24/h2-14,19-20H,15-18,21-22H2,1H3. The third kappa shape index (κ3) is 6.89. The summed E-state index contributed by atoms with van der Waals surface area (Å²) in [7, 11) is 0. The van der Waals surface area contributed by atoms with E-state index in [4.69, 9.17) is 19.4 Å². The van der Waals surface area contributed by atoms with Crippen molar-refractivity contribution in [3.63, 3.8) is 0 Å². The molecule has 0 saturated carbocycles. The van der Waals surface area contributed by atoms with Crippen molar-refractivity contribution in [3.05, 3.63) is 119 Å². The van der Waals surface area contributed by atoms with E-state index in [0.29, 0.717) is 43.2 Å². The molecule has 0 N–H and O–H groups in total. The molecule has 5 rings (SSSR count). The minimum absolute atomic E-state index is 0.0358. The average molecular weight is 563 g/mol. The number of carbonyl (C=O) groups is 2. The Labute approximate surface area is 243 Å². The SMILES string of the molecule is Cc1oc(-c2ccccc2)nc1CCOc1cccc(C2=C(C(=O)C=[N+]=[N-])CN(C(=O)OCc3ccccc3)CC2)c1. The number of aromatic nitrogens is 1. The Bertz CT molecular complexity index is 1640. The maximum Gasteiger partial charge on any atom is 0.410 e. The van der Waals surface area contributed by atoms with Gasteiger partial charge < -0.3 is 24.3 Å². The predicted octanol–water partition coefficient (Wildman–Crippen LogP) is 5.94. The Hall–Kier alpha value is -5.27. The Morgan fingerprint density at radius 2 is 1.76 bits per heavy atom. The monoisotopic (exact) mass is 562 g/mol. The van der Waals surface area contributed by atoms with E-state index >= 15 is 0 Å². The number of nitrogens with zero attached hydrogens (tertiary/aromatic N) is 4. The highest BCUT2D eigenvalue weighted by Gasteiger charge is 2.29. The Balaban J connectivity index is 1.27. The molecule has 1 aromatic heterocycles. The van der Waals surface area contributed by atoms with E-state index in [1.807, 2.05) is 91.9 Å². The van der Waals surface area contributed by atoms with Crippen LogP contribution in [0, 0.1) is 6.92 Å². The number of Topliss-reactive ketones (excluding diaryl/α,β-unsaturated/α-hetero) is 1. The number of amides is 1. The number of rotatable bonds is 10. The highest BCUT2D eigenvalue weighted by molar-refractivity contribution is 6.35. The van der Waals surface area contributed by atoms with Crippen molar-refractivity contribution in [2.24, 2.45) is 0 Å². The first-order valence-corrected chi connectivity index (χ1v) is 13.7. The fourth-order valence-corrected chi connectivity index (χ4v) is 4.81. The van der Waals surface area contributed by atoms with Gasteiger partial charge >= 0.3 is 12.3 Å². The number of oxazole rings is 1. The molecule has 9 nitrogen and oxygen atoms in total. The zero-order valence-electron chi connectivity index (χ0n) is 23.2. The third-order valence-electron chi connectivity index (χ3n) is 6.98. The number of hydrogen-bond acceptors (Lipinski definition) is 6. The highest BCUT2D eigenvalue weighted by Crippen LogP contribution is 2.31. The summed E-state index contributed by atoms with van der Waals surface area (Å²) < 4.78 is 17.4. The summed E-state index contributed by atoms with van der Waals surface area (Å²) in [5.74, 6) is 1.49. The molecule has 42 heavy (non-hydrogen) atoms. The Kier molecular flexibility index (Phi) is 9.01. The van der Waals surface area contributed by atoms with Crippen LogP contribution in [0.1, 0.15) is 29.0 Å². The van der Waals surface area contributed by atoms with Gasteiger partial charge in [0.1, 0.15) is 18.1 Å². The molecule has 1 aliphatic heterocycles. The summed E-state index contributed by atoms with van der Waals surface area (Å²) in [6, 6.07) is 26.6. The molecule has 1 aliphatic rings. The fraction of sp³-hybridized carbons (Fsp3) is 0.212. The molecule has 4 aromatic rings. The second-order valence-corrected chi connectivity index (χ2v) is 9.79. The van der Waals surface area contributed by atoms with E-state index in [9.17, 15) is 9.59 Å². The van der Waals surface area contributed by atoms with Gasteiger partial charge in [0, 0.05) is 24.1 Å². The number of carbonyl (C=O) groups excluding carboxylic acids is 2. The van der Waals surface area contributed by atoms with Gasteiger partial charge in [0.2, 0.25) is 5.89 Å². The number of ether oxygens (including phenoxy) is 2. The van der Waals surface area contributed by atoms with Crippen molar-refractivity contribution in [1.29, 1.82) is 0 Å². The largest absolute Gasteiger partial charge is 0.493 e. The van der Waals surface area contributed by atoms with Gasteiger partial charge in [-0.1, -0.05) is 60.7 Å². The Morgan fingerprint density at radius 1 is 1.02 bits per heavy atom. The molecular weight excluding hydrogens is 532 g/mol. The molecule has 0 atom stereocenters. The summed E-state index contributed by atoms with van der Waals surface area (Å²) in [6.45, 7) is 2.81. The average Bonchev–Trinajstić information content (AvgIpc) is 3.41. The van der Waals surface area contributed by atoms with E-state index in [1.165, 1.54) is 4.90 Å². The lowest BCUT2D eigenvalue weighted by atomic mass is 9.91. The predicted molar refractivity (Wildman–Crippen MR) is 157 cm³/mol. The molecule has 0 unspecified atom stereocenters. The van der Waals surface area contributed by atoms with Crippen LogP contribution in [0.4, 0.5) is 4.79 Å². The number of aryl methyl sites for hydroxylation is 1. The molecule has 0 spiro atoms. The zero-order chi connectivity index (χ0) is 29.3. The molecule has 0 radical (unpaired) electrons. The van der Waals surface area contributed by atoms with Crippen molar-refractivity contribution in [2.45, 2.75) is 26.4 Å². The van der Waals surface area contributed by atoms with Crippen molar-refractivity contribution < 1.29 is 28.3 Å². The van der Waals surface area contributed by atoms with Crippen molar-refractivity contribution >= 4 is 23.7 Å². The van der Waals surface area contributed by atoms with Crippen LogP contribution in [-0.2, 0) is 22.6 Å². The van der Waals surface area contributed by atoms with Gasteiger partial charge in [0.05, 0.1) is 18.8 Å². The lowest BCUT2D eigenvalue weighted by molar-refractivity contribution is -0.113. The molecule has 0 fully saturated rings. The van der Waals surface area contributed by atoms with Crippen molar-refractivity contribution in [3.8, 4) is 17.2 Å². The van der Waals surface area contributed by atoms with Crippen LogP contribution in [0.5, 0.6) is 5.75 Å². The third-order valence-corrected chi connectivity index (χ3v) is 6.98. The molecule has 0 saturated heterocycles. The summed E-state index contributed by atoms with van der Waals surface area (Å²) in [4.78, 5) is 34.7. The Morgan fingerprint density at radius 3 is 2.52 bits per heavy atom. The number of hydrogen-bond donors (Lipinski definition) is 0. The van der Waals surface area contributed by atoms with Gasteiger partial charge in [-0.05, 0) is 54.3 Å². The van der Waals surface area contributed by atoms with Crippen LogP contribution >= 0.6 is 0 Å². The van der Waals surface area contributed by atoms with Gasteiger partial charge in [-0.25, -0.2) is 9.78 Å². The summed E-state index contributed by atoms with van der Waals surface area (Å²) in [5, 5.41) is 0. The first-order chi connectivity index (χ1) is 20.5. The van der Waals surface area contributed by atoms with Crippen molar-refractivity contribution in [1.82, 2.24) is 9.88 Å². The van der Waals surface area contributed by atoms with Crippen LogP contribution in [0.2, 0.25) is 0 Å². The minimum Gasteiger partial charge on any atom is -0.493 e. The number of ketones is 1. The second-order valence-electron chi connectivity index (χ2n) is 9.79. The van der Waals surface area contributed by atoms with Gasteiger partial charge in [0.25, 0.3) is 5.78 Å². The van der Waals surface area contributed by atoms with Crippen LogP contribution in [0.25, 0.3) is 22.6 Å². The van der Waals surface area contributed by atoms with E-state index in [1.54, 1.807) is 0 Å². The fourth-order valence-electron chi connectivity index (χ4n) is 4.81. The maximum atomic E-state index is 12.9. The molecule has 9 heteroatoms. The van der Waals surface area contributed by atoms with E-state index in [0.717, 1.165) is 39.9 Å². The second kappa shape index (κ2) is 13.4. The van der Waals surface area contributed by atoms with Crippen LogP contribution in [-0.4, -0.2) is 52.5 Å². The smallest absolute Gasteiger partial charge is 0.410 e. The van der Waals surface area contributed by atoms with Crippen LogP contribution in [0.15, 0.2) is 94.9 Å². The molecule has 1 amide bonds. The quantitative estimate of drug-likeness (QED) is 0.134. The molecule has 212 valence electrons. The normalized spacial score (nSPS) is 12.9. The van der Waals surface area contributed by atoms with Crippen LogP contribution < -0.4 is 4.74 Å². The van der Waals surface area contributed by atoms with Crippen molar-refractivity contribution in [2.75, 3.05) is 19.7 Å². The van der Waals surface area contributed by atoms with E-state index in [2.05, 4.69) is 9.77 Å². The summed E-state index contributed by atoms with van der Waals surface area (Å²) in [6.07, 6.45) is 1.31. The van der Waals surface area contributed by atoms with Gasteiger partial charge in [-0.2, -0.15) is 4.79 Å². The molecule has 0 bridgehead atoms. The van der Waals surface area contributed by atoms with Gasteiger partial charge in [-0.15, -0.1) is 0 Å². The molecule has 3 aromatic carbocycles. The highest BCUT2D eigenvalue weighted by atomic mass is 16.6. The number of benzene rings is 3. The maximum absolute atomic E-state index is 12.9. The summed E-state index contributed by atoms with van der Waals surface area (Å²) >= 11 is 0. The van der Waals surface area contributed by atoms with E-state index < -0.39 is 11.9 Å². The van der Waals surface area contributed by atoms with Gasteiger partial charge in [-0.3, -0.25) is 4.79 Å². The lowest BCUT2D eigenvalue weighted by Crippen LogP contribution is -2.39. The van der Waals surface area contributed by atoms with E-state index in [-0.39, 0.29) is 13.2 Å². The molecule has 0 aliphatic carbocycles. The first kappa shape index (κ1) is 28.3. The minimum atomic E-state index is -0.514. The summed E-state index contributed by atoms with van der Waals surface area (Å²) in [5.41, 5.74) is 13.6. The zero-order valence-corrected chi connectivity index (χ0v) is 23.2.